The van der Waals surface area contributed by atoms with Crippen molar-refractivity contribution in [3.8, 4) is 33.8 Å². The lowest BCUT2D eigenvalue weighted by molar-refractivity contribution is 0.436. The molecule has 1 spiro atoms. The third kappa shape index (κ3) is 4.37. The standard InChI is InChI=1S/C56H37NO/c1-4-18-38(19-5-1)55(39-20-6-2-7-21-39)47-27-13-10-26-45(47)46-34-32-41(36-51(46)55)57(40-22-8-3-9-23-40)42-33-35-54-52(37-42)56(50-30-16-17-31-53(50)58-54)48-28-14-11-24-43(48)44-25-12-15-29-49(44)56/h1-37H. The van der Waals surface area contributed by atoms with Crippen LogP contribution in [0.3, 0.4) is 0 Å². The topological polar surface area (TPSA) is 12.5 Å². The van der Waals surface area contributed by atoms with Crippen molar-refractivity contribution >= 4 is 17.1 Å². The largest absolute Gasteiger partial charge is 0.457 e. The average molecular weight is 740 g/mol. The van der Waals surface area contributed by atoms with E-state index in [1.807, 2.05) is 0 Å². The number of hydrogen-bond donors (Lipinski definition) is 0. The van der Waals surface area contributed by atoms with Gasteiger partial charge in [-0.2, -0.15) is 0 Å². The van der Waals surface area contributed by atoms with Crippen molar-refractivity contribution in [2.45, 2.75) is 10.8 Å². The van der Waals surface area contributed by atoms with E-state index < -0.39 is 10.8 Å². The van der Waals surface area contributed by atoms with Gasteiger partial charge in [-0.15, -0.1) is 0 Å². The summed E-state index contributed by atoms with van der Waals surface area (Å²) in [6, 6.07) is 82.1. The fourth-order valence-electron chi connectivity index (χ4n) is 10.6. The Bertz CT molecular complexity index is 2960. The van der Waals surface area contributed by atoms with Crippen molar-refractivity contribution < 1.29 is 4.74 Å². The molecule has 0 atom stereocenters. The summed E-state index contributed by atoms with van der Waals surface area (Å²) in [7, 11) is 0. The van der Waals surface area contributed by atoms with Crippen molar-refractivity contribution in [1.29, 1.82) is 0 Å². The van der Waals surface area contributed by atoms with Crippen molar-refractivity contribution in [3.05, 3.63) is 269 Å². The van der Waals surface area contributed by atoms with Gasteiger partial charge in [0.15, 0.2) is 0 Å². The van der Waals surface area contributed by atoms with E-state index in [1.165, 1.54) is 55.6 Å². The summed E-state index contributed by atoms with van der Waals surface area (Å²) >= 11 is 0. The molecule has 0 N–H and O–H groups in total. The minimum Gasteiger partial charge on any atom is -0.457 e. The van der Waals surface area contributed by atoms with Crippen molar-refractivity contribution in [2.24, 2.45) is 0 Å². The van der Waals surface area contributed by atoms with E-state index in [0.717, 1.165) is 39.7 Å². The molecule has 2 nitrogen and oxygen atoms in total. The maximum Gasteiger partial charge on any atom is 0.132 e. The van der Waals surface area contributed by atoms with Gasteiger partial charge in [-0.05, 0) is 104 Å². The van der Waals surface area contributed by atoms with E-state index >= 15 is 0 Å². The van der Waals surface area contributed by atoms with Crippen LogP contribution in [0.2, 0.25) is 0 Å². The van der Waals surface area contributed by atoms with Gasteiger partial charge < -0.3 is 9.64 Å². The van der Waals surface area contributed by atoms with Crippen molar-refractivity contribution in [3.63, 3.8) is 0 Å². The number of ether oxygens (including phenoxy) is 1. The minimum atomic E-state index is -0.564. The van der Waals surface area contributed by atoms with E-state index in [9.17, 15) is 0 Å². The summed E-state index contributed by atoms with van der Waals surface area (Å²) < 4.78 is 6.84. The molecule has 12 rings (SSSR count). The first-order valence-corrected chi connectivity index (χ1v) is 20.1. The molecule has 2 aliphatic carbocycles. The number of rotatable bonds is 5. The van der Waals surface area contributed by atoms with E-state index in [4.69, 9.17) is 4.74 Å². The Labute approximate surface area is 338 Å². The van der Waals surface area contributed by atoms with Crippen LogP contribution >= 0.6 is 0 Å². The summed E-state index contributed by atoms with van der Waals surface area (Å²) in [5.74, 6) is 1.77. The predicted octanol–water partition coefficient (Wildman–Crippen LogP) is 14.0. The van der Waals surface area contributed by atoms with E-state index in [2.05, 4.69) is 229 Å². The molecule has 2 heteroatoms. The zero-order valence-corrected chi connectivity index (χ0v) is 31.7. The predicted molar refractivity (Wildman–Crippen MR) is 236 cm³/mol. The molecule has 58 heavy (non-hydrogen) atoms. The van der Waals surface area contributed by atoms with Gasteiger partial charge in [0, 0.05) is 28.2 Å². The molecule has 9 aromatic rings. The summed E-state index contributed by atoms with van der Waals surface area (Å²) in [6.45, 7) is 0. The SMILES string of the molecule is c1ccc(N(c2ccc3c(c2)C2(c4ccccc4O3)c3ccccc3-c3ccccc32)c2ccc3c(c2)C(c2ccccc2)(c2ccccc2)c2ccccc2-3)cc1. The zero-order valence-electron chi connectivity index (χ0n) is 31.7. The monoisotopic (exact) mass is 739 g/mol. The maximum atomic E-state index is 6.84. The van der Waals surface area contributed by atoms with Crippen LogP contribution in [0.25, 0.3) is 22.3 Å². The molecule has 0 unspecified atom stereocenters. The Balaban J connectivity index is 1.13. The molecule has 1 aliphatic heterocycles. The Hall–Kier alpha value is -7.42. The third-order valence-corrected chi connectivity index (χ3v) is 12.8. The Morgan fingerprint density at radius 3 is 1.28 bits per heavy atom. The summed E-state index contributed by atoms with van der Waals surface area (Å²) in [5, 5.41) is 0. The highest BCUT2D eigenvalue weighted by molar-refractivity contribution is 5.92. The van der Waals surface area contributed by atoms with Crippen LogP contribution in [0.15, 0.2) is 224 Å². The zero-order chi connectivity index (χ0) is 38.3. The summed E-state index contributed by atoms with van der Waals surface area (Å²) in [4.78, 5) is 2.42. The molecular weight excluding hydrogens is 703 g/mol. The highest BCUT2D eigenvalue weighted by atomic mass is 16.5. The molecule has 0 saturated heterocycles. The first-order valence-electron chi connectivity index (χ1n) is 20.1. The minimum absolute atomic E-state index is 0.512. The second-order valence-corrected chi connectivity index (χ2v) is 15.5. The average Bonchev–Trinajstić information content (AvgIpc) is 3.76. The van der Waals surface area contributed by atoms with Crippen LogP contribution in [0.4, 0.5) is 17.1 Å². The van der Waals surface area contributed by atoms with Crippen LogP contribution in [-0.2, 0) is 10.8 Å². The lowest BCUT2D eigenvalue weighted by Gasteiger charge is -2.40. The first kappa shape index (κ1) is 32.8. The van der Waals surface area contributed by atoms with Gasteiger partial charge in [-0.3, -0.25) is 0 Å². The van der Waals surface area contributed by atoms with E-state index in [0.29, 0.717) is 0 Å². The molecule has 9 aromatic carbocycles. The Morgan fingerprint density at radius 1 is 0.276 bits per heavy atom. The quantitative estimate of drug-likeness (QED) is 0.174. The number of para-hydroxylation sites is 2. The van der Waals surface area contributed by atoms with Crippen molar-refractivity contribution in [2.75, 3.05) is 4.90 Å². The molecule has 0 fully saturated rings. The van der Waals surface area contributed by atoms with Gasteiger partial charge in [0.25, 0.3) is 0 Å². The number of fused-ring (bicyclic) bond motifs is 12. The molecule has 3 aliphatic rings. The first-order chi connectivity index (χ1) is 28.8. The highest BCUT2D eigenvalue weighted by Crippen LogP contribution is 2.63. The molecular formula is C56H37NO. The number of nitrogens with zero attached hydrogens (tertiary/aromatic N) is 1. The van der Waals surface area contributed by atoms with Crippen LogP contribution in [-0.4, -0.2) is 0 Å². The smallest absolute Gasteiger partial charge is 0.132 e. The fraction of sp³-hybridized carbons (Fsp3) is 0.0357. The van der Waals surface area contributed by atoms with Gasteiger partial charge in [0.2, 0.25) is 0 Å². The highest BCUT2D eigenvalue weighted by Gasteiger charge is 2.51. The van der Waals surface area contributed by atoms with Crippen LogP contribution in [0.5, 0.6) is 11.5 Å². The van der Waals surface area contributed by atoms with Gasteiger partial charge in [0.1, 0.15) is 11.5 Å². The second-order valence-electron chi connectivity index (χ2n) is 15.5. The second kappa shape index (κ2) is 12.5. The Morgan fingerprint density at radius 2 is 0.690 bits per heavy atom. The lowest BCUT2D eigenvalue weighted by Crippen LogP contribution is -2.32. The molecule has 0 bridgehead atoms. The van der Waals surface area contributed by atoms with E-state index in [-0.39, 0.29) is 0 Å². The normalized spacial score (nSPS) is 14.3. The fourth-order valence-corrected chi connectivity index (χ4v) is 10.6. The molecule has 0 amide bonds. The molecule has 1 heterocycles. The lowest BCUT2D eigenvalue weighted by atomic mass is 9.66. The summed E-state index contributed by atoms with van der Waals surface area (Å²) in [5.41, 5.74) is 17.2. The maximum absolute atomic E-state index is 6.84. The van der Waals surface area contributed by atoms with Crippen LogP contribution in [0.1, 0.15) is 44.5 Å². The number of benzene rings is 9. The number of hydrogen-bond acceptors (Lipinski definition) is 2. The van der Waals surface area contributed by atoms with Crippen LogP contribution < -0.4 is 9.64 Å². The molecule has 272 valence electrons. The van der Waals surface area contributed by atoms with Gasteiger partial charge in [-0.1, -0.05) is 176 Å². The summed E-state index contributed by atoms with van der Waals surface area (Å²) in [6.07, 6.45) is 0. The third-order valence-electron chi connectivity index (χ3n) is 12.8. The van der Waals surface area contributed by atoms with Crippen LogP contribution in [0, 0.1) is 0 Å². The van der Waals surface area contributed by atoms with Gasteiger partial charge in [0.05, 0.1) is 10.8 Å². The molecule has 0 saturated carbocycles. The van der Waals surface area contributed by atoms with Crippen molar-refractivity contribution in [1.82, 2.24) is 0 Å². The van der Waals surface area contributed by atoms with E-state index in [1.54, 1.807) is 0 Å². The number of anilines is 3. The molecule has 0 aromatic heterocycles. The van der Waals surface area contributed by atoms with Gasteiger partial charge >= 0.3 is 0 Å². The van der Waals surface area contributed by atoms with Gasteiger partial charge in [-0.25, -0.2) is 0 Å². The Kier molecular flexibility index (Phi) is 7.09. The molecule has 0 radical (unpaired) electrons.